The molecule has 118 valence electrons. The largest absolute Gasteiger partial charge is 0.338 e. The summed E-state index contributed by atoms with van der Waals surface area (Å²) in [5.74, 6) is 1.19. The number of hydrogen-bond donors (Lipinski definition) is 1. The molecule has 7 heteroatoms. The molecule has 1 aromatic rings. The predicted octanol–water partition coefficient (Wildman–Crippen LogP) is 1.29. The van der Waals surface area contributed by atoms with Crippen LogP contribution >= 0.6 is 23.4 Å². The molecule has 1 atom stereocenters. The highest BCUT2D eigenvalue weighted by molar-refractivity contribution is 7.99. The third kappa shape index (κ3) is 3.24. The Morgan fingerprint density at radius 1 is 1.18 bits per heavy atom. The number of hydrogen-bond acceptors (Lipinski definition) is 4. The second kappa shape index (κ2) is 6.89. The summed E-state index contributed by atoms with van der Waals surface area (Å²) < 4.78 is 0. The number of thioether (sulfide) groups is 1. The van der Waals surface area contributed by atoms with Gasteiger partial charge in [0.25, 0.3) is 5.91 Å². The number of carbonyl (C=O) groups excluding carboxylic acids is 2. The van der Waals surface area contributed by atoms with Gasteiger partial charge in [0.1, 0.15) is 6.04 Å². The van der Waals surface area contributed by atoms with Crippen molar-refractivity contribution in [2.24, 2.45) is 0 Å². The fourth-order valence-corrected chi connectivity index (χ4v) is 3.97. The second-order valence-electron chi connectivity index (χ2n) is 5.37. The molecule has 2 saturated heterocycles. The molecule has 0 bridgehead atoms. The average Bonchev–Trinajstić information content (AvgIpc) is 3.04. The highest BCUT2D eigenvalue weighted by Gasteiger charge is 2.37. The molecule has 0 aromatic heterocycles. The van der Waals surface area contributed by atoms with Crippen LogP contribution in [0.15, 0.2) is 24.3 Å². The first kappa shape index (κ1) is 15.6. The minimum Gasteiger partial charge on any atom is -0.338 e. The van der Waals surface area contributed by atoms with Gasteiger partial charge in [-0.3, -0.25) is 9.59 Å². The van der Waals surface area contributed by atoms with Crippen LogP contribution in [-0.4, -0.2) is 65.5 Å². The molecule has 2 aliphatic heterocycles. The quantitative estimate of drug-likeness (QED) is 0.882. The van der Waals surface area contributed by atoms with Crippen LogP contribution in [0, 0.1) is 0 Å². The average molecular weight is 340 g/mol. The lowest BCUT2D eigenvalue weighted by atomic mass is 10.1. The normalized spacial score (nSPS) is 22.0. The van der Waals surface area contributed by atoms with Crippen molar-refractivity contribution in [1.29, 1.82) is 0 Å². The van der Waals surface area contributed by atoms with E-state index in [1.165, 1.54) is 0 Å². The minimum atomic E-state index is -0.355. The molecule has 0 spiro atoms. The van der Waals surface area contributed by atoms with Gasteiger partial charge >= 0.3 is 0 Å². The number of amides is 2. The van der Waals surface area contributed by atoms with Gasteiger partial charge in [0.15, 0.2) is 0 Å². The summed E-state index contributed by atoms with van der Waals surface area (Å²) in [5.41, 5.74) is 0.574. The number of carbonyl (C=O) groups is 2. The van der Waals surface area contributed by atoms with E-state index in [0.717, 1.165) is 13.1 Å². The Balaban J connectivity index is 1.73. The van der Waals surface area contributed by atoms with Crippen LogP contribution in [0.4, 0.5) is 0 Å². The van der Waals surface area contributed by atoms with E-state index in [1.54, 1.807) is 40.9 Å². The first-order valence-corrected chi connectivity index (χ1v) is 8.84. The lowest BCUT2D eigenvalue weighted by Gasteiger charge is -2.32. The Kier molecular flexibility index (Phi) is 4.90. The first-order valence-electron chi connectivity index (χ1n) is 7.30. The molecular weight excluding hydrogens is 322 g/mol. The van der Waals surface area contributed by atoms with Gasteiger partial charge in [-0.05, 0) is 24.3 Å². The molecular formula is C15H18ClN3O2S. The molecule has 1 N–H and O–H groups in total. The molecule has 2 heterocycles. The third-order valence-electron chi connectivity index (χ3n) is 3.95. The summed E-state index contributed by atoms with van der Waals surface area (Å²) in [6.07, 6.45) is 0. The monoisotopic (exact) mass is 339 g/mol. The Labute approximate surface area is 139 Å². The van der Waals surface area contributed by atoms with Gasteiger partial charge in [0, 0.05) is 42.5 Å². The standard InChI is InChI=1S/C15H18ClN3O2S/c16-12-3-1-11(2-4-12)14(20)19-10-22-9-13(19)15(21)18-7-5-17-6-8-18/h1-4,13,17H,5-10H2. The van der Waals surface area contributed by atoms with Crippen LogP contribution in [-0.2, 0) is 4.79 Å². The number of piperazine rings is 1. The van der Waals surface area contributed by atoms with Crippen LogP contribution < -0.4 is 5.32 Å². The van der Waals surface area contributed by atoms with Gasteiger partial charge < -0.3 is 15.1 Å². The Morgan fingerprint density at radius 3 is 2.55 bits per heavy atom. The minimum absolute atomic E-state index is 0.0637. The smallest absolute Gasteiger partial charge is 0.255 e. The van der Waals surface area contributed by atoms with Crippen molar-refractivity contribution in [3.05, 3.63) is 34.9 Å². The second-order valence-corrected chi connectivity index (χ2v) is 6.81. The molecule has 1 aromatic carbocycles. The van der Waals surface area contributed by atoms with Gasteiger partial charge in [-0.1, -0.05) is 11.6 Å². The zero-order valence-electron chi connectivity index (χ0n) is 12.1. The number of nitrogens with zero attached hydrogens (tertiary/aromatic N) is 2. The van der Waals surface area contributed by atoms with Crippen LogP contribution in [0.1, 0.15) is 10.4 Å². The summed E-state index contributed by atoms with van der Waals surface area (Å²) in [5, 5.41) is 3.83. The van der Waals surface area contributed by atoms with Crippen molar-refractivity contribution in [2.45, 2.75) is 6.04 Å². The van der Waals surface area contributed by atoms with Gasteiger partial charge in [-0.25, -0.2) is 0 Å². The molecule has 5 nitrogen and oxygen atoms in total. The van der Waals surface area contributed by atoms with Crippen molar-refractivity contribution >= 4 is 35.2 Å². The number of rotatable bonds is 2. The molecule has 2 aliphatic rings. The summed E-state index contributed by atoms with van der Waals surface area (Å²) in [6, 6.07) is 6.46. The van der Waals surface area contributed by atoms with E-state index in [1.807, 2.05) is 4.90 Å². The highest BCUT2D eigenvalue weighted by atomic mass is 35.5. The van der Waals surface area contributed by atoms with Crippen LogP contribution in [0.3, 0.4) is 0 Å². The van der Waals surface area contributed by atoms with E-state index >= 15 is 0 Å². The number of halogens is 1. The maximum atomic E-state index is 12.7. The van der Waals surface area contributed by atoms with Crippen LogP contribution in [0.2, 0.25) is 5.02 Å². The van der Waals surface area contributed by atoms with Crippen molar-refractivity contribution < 1.29 is 9.59 Å². The van der Waals surface area contributed by atoms with E-state index in [4.69, 9.17) is 11.6 Å². The number of nitrogens with one attached hydrogen (secondary N) is 1. The third-order valence-corrected chi connectivity index (χ3v) is 5.21. The first-order chi connectivity index (χ1) is 10.7. The summed E-state index contributed by atoms with van der Waals surface area (Å²) in [6.45, 7) is 3.05. The molecule has 0 radical (unpaired) electrons. The topological polar surface area (TPSA) is 52.7 Å². The summed E-state index contributed by atoms with van der Waals surface area (Å²) in [4.78, 5) is 28.8. The molecule has 2 amide bonds. The molecule has 1 unspecified atom stereocenters. The van der Waals surface area contributed by atoms with Gasteiger partial charge in [0.05, 0.1) is 5.88 Å². The van der Waals surface area contributed by atoms with Crippen molar-refractivity contribution in [1.82, 2.24) is 15.1 Å². The van der Waals surface area contributed by atoms with Gasteiger partial charge in [0.2, 0.25) is 5.91 Å². The predicted molar refractivity (Wildman–Crippen MR) is 88.2 cm³/mol. The highest BCUT2D eigenvalue weighted by Crippen LogP contribution is 2.25. The van der Waals surface area contributed by atoms with Crippen molar-refractivity contribution in [2.75, 3.05) is 37.8 Å². The van der Waals surface area contributed by atoms with Crippen LogP contribution in [0.25, 0.3) is 0 Å². The Bertz CT molecular complexity index is 560. The molecule has 0 aliphatic carbocycles. The summed E-state index contributed by atoms with van der Waals surface area (Å²) >= 11 is 7.49. The fraction of sp³-hybridized carbons (Fsp3) is 0.467. The van der Waals surface area contributed by atoms with E-state index in [9.17, 15) is 9.59 Å². The maximum absolute atomic E-state index is 12.7. The van der Waals surface area contributed by atoms with Crippen molar-refractivity contribution in [3.8, 4) is 0 Å². The van der Waals surface area contributed by atoms with Gasteiger partial charge in [-0.2, -0.15) is 0 Å². The zero-order chi connectivity index (χ0) is 15.5. The zero-order valence-corrected chi connectivity index (χ0v) is 13.7. The molecule has 22 heavy (non-hydrogen) atoms. The lowest BCUT2D eigenvalue weighted by Crippen LogP contribution is -2.54. The Hall–Kier alpha value is -1.24. The molecule has 2 fully saturated rings. The summed E-state index contributed by atoms with van der Waals surface area (Å²) in [7, 11) is 0. The van der Waals surface area contributed by atoms with E-state index in [2.05, 4.69) is 5.32 Å². The molecule has 3 rings (SSSR count). The maximum Gasteiger partial charge on any atom is 0.255 e. The number of benzene rings is 1. The lowest BCUT2D eigenvalue weighted by molar-refractivity contribution is -0.135. The molecule has 0 saturated carbocycles. The Morgan fingerprint density at radius 2 is 1.86 bits per heavy atom. The van der Waals surface area contributed by atoms with Crippen LogP contribution in [0.5, 0.6) is 0 Å². The van der Waals surface area contributed by atoms with Gasteiger partial charge in [-0.15, -0.1) is 11.8 Å². The fourth-order valence-electron chi connectivity index (χ4n) is 2.70. The van der Waals surface area contributed by atoms with E-state index in [0.29, 0.717) is 35.3 Å². The van der Waals surface area contributed by atoms with E-state index in [-0.39, 0.29) is 17.9 Å². The van der Waals surface area contributed by atoms with E-state index < -0.39 is 0 Å². The SMILES string of the molecule is O=C(C1CSCN1C(=O)c1ccc(Cl)cc1)N1CCNCC1. The van der Waals surface area contributed by atoms with Crippen molar-refractivity contribution in [3.63, 3.8) is 0 Å².